The van der Waals surface area contributed by atoms with E-state index >= 15 is 0 Å². The number of anilines is 1. The molecule has 0 fully saturated rings. The van der Waals surface area contributed by atoms with Gasteiger partial charge in [-0.25, -0.2) is 18.1 Å². The Bertz CT molecular complexity index is 754. The molecule has 3 rings (SSSR count). The van der Waals surface area contributed by atoms with E-state index in [1.807, 2.05) is 14.0 Å². The summed E-state index contributed by atoms with van der Waals surface area (Å²) in [5.41, 5.74) is 1.97. The lowest BCUT2D eigenvalue weighted by atomic mass is 10.0. The van der Waals surface area contributed by atoms with E-state index in [1.165, 1.54) is 12.3 Å². The maximum Gasteiger partial charge on any atom is 0.258 e. The molecule has 0 amide bonds. The van der Waals surface area contributed by atoms with Crippen LogP contribution >= 0.6 is 0 Å². The molecule has 1 atom stereocenters. The van der Waals surface area contributed by atoms with Crippen molar-refractivity contribution in [2.45, 2.75) is 24.4 Å². The lowest BCUT2D eigenvalue weighted by Crippen LogP contribution is -2.43. The molecular weight excluding hydrogens is 290 g/mol. The molecular formula is C13H17N5O2S. The minimum absolute atomic E-state index is 0.0405. The Morgan fingerprint density at radius 3 is 2.95 bits per heavy atom. The Labute approximate surface area is 123 Å². The maximum atomic E-state index is 12.3. The smallest absolute Gasteiger partial charge is 0.258 e. The van der Waals surface area contributed by atoms with Gasteiger partial charge in [-0.2, -0.15) is 5.10 Å². The summed E-state index contributed by atoms with van der Waals surface area (Å²) in [5, 5.41) is 7.62. The van der Waals surface area contributed by atoms with Crippen molar-refractivity contribution in [3.05, 3.63) is 35.7 Å². The van der Waals surface area contributed by atoms with Gasteiger partial charge >= 0.3 is 0 Å². The van der Waals surface area contributed by atoms with Crippen molar-refractivity contribution < 1.29 is 8.42 Å². The van der Waals surface area contributed by atoms with Crippen LogP contribution in [-0.2, 0) is 23.5 Å². The number of aryl methyl sites for hydroxylation is 2. The summed E-state index contributed by atoms with van der Waals surface area (Å²) in [6.07, 6.45) is 2.09. The van der Waals surface area contributed by atoms with Gasteiger partial charge in [0.15, 0.2) is 5.03 Å². The first-order valence-electron chi connectivity index (χ1n) is 6.67. The van der Waals surface area contributed by atoms with Gasteiger partial charge in [0, 0.05) is 31.4 Å². The summed E-state index contributed by atoms with van der Waals surface area (Å²) in [6, 6.07) is 4.61. The summed E-state index contributed by atoms with van der Waals surface area (Å²) in [4.78, 5) is 3.89. The van der Waals surface area contributed by atoms with Crippen molar-refractivity contribution in [1.29, 1.82) is 0 Å². The predicted molar refractivity (Wildman–Crippen MR) is 78.5 cm³/mol. The third kappa shape index (κ3) is 2.64. The molecule has 21 heavy (non-hydrogen) atoms. The van der Waals surface area contributed by atoms with Crippen LogP contribution in [0.4, 0.5) is 5.82 Å². The molecule has 1 aliphatic rings. The third-order valence-electron chi connectivity index (χ3n) is 3.55. The molecule has 0 aliphatic carbocycles. The minimum atomic E-state index is -3.60. The van der Waals surface area contributed by atoms with Crippen LogP contribution < -0.4 is 10.0 Å². The number of pyridine rings is 1. The fourth-order valence-corrected chi connectivity index (χ4v) is 3.76. The largest absolute Gasteiger partial charge is 0.368 e. The van der Waals surface area contributed by atoms with Gasteiger partial charge in [-0.05, 0) is 25.5 Å². The zero-order valence-electron chi connectivity index (χ0n) is 11.9. The van der Waals surface area contributed by atoms with Gasteiger partial charge in [-0.1, -0.05) is 6.07 Å². The van der Waals surface area contributed by atoms with Gasteiger partial charge in [0.2, 0.25) is 0 Å². The average Bonchev–Trinajstić information content (AvgIpc) is 2.74. The average molecular weight is 307 g/mol. The van der Waals surface area contributed by atoms with Crippen molar-refractivity contribution in [2.75, 3.05) is 11.9 Å². The van der Waals surface area contributed by atoms with Crippen molar-refractivity contribution in [2.24, 2.45) is 7.05 Å². The Hall–Kier alpha value is -1.93. The Balaban J connectivity index is 1.80. The molecule has 3 heterocycles. The van der Waals surface area contributed by atoms with Crippen molar-refractivity contribution in [3.8, 4) is 0 Å². The van der Waals surface area contributed by atoms with E-state index in [0.29, 0.717) is 13.0 Å². The fraction of sp³-hybridized carbons (Fsp3) is 0.385. The molecule has 112 valence electrons. The van der Waals surface area contributed by atoms with E-state index in [9.17, 15) is 8.42 Å². The van der Waals surface area contributed by atoms with Crippen molar-refractivity contribution >= 4 is 15.8 Å². The van der Waals surface area contributed by atoms with E-state index < -0.39 is 10.0 Å². The summed E-state index contributed by atoms with van der Waals surface area (Å²) in [5.74, 6) is 0.959. The second-order valence-electron chi connectivity index (χ2n) is 5.11. The number of aromatic nitrogens is 3. The first kappa shape index (κ1) is 14.0. The van der Waals surface area contributed by atoms with Crippen LogP contribution in [0.1, 0.15) is 11.3 Å². The highest BCUT2D eigenvalue weighted by molar-refractivity contribution is 7.89. The van der Waals surface area contributed by atoms with Gasteiger partial charge in [0.25, 0.3) is 10.0 Å². The SMILES string of the molecule is Cc1nn(C)c2c1CC(NS(=O)(=O)c1ccccn1)CN2. The van der Waals surface area contributed by atoms with E-state index in [0.717, 1.165) is 17.1 Å². The highest BCUT2D eigenvalue weighted by Crippen LogP contribution is 2.24. The van der Waals surface area contributed by atoms with Crippen LogP contribution in [0.15, 0.2) is 29.4 Å². The Kier molecular flexibility index (Phi) is 3.42. The van der Waals surface area contributed by atoms with Gasteiger partial charge < -0.3 is 5.32 Å². The number of fused-ring (bicyclic) bond motifs is 1. The summed E-state index contributed by atoms with van der Waals surface area (Å²) >= 11 is 0. The zero-order valence-corrected chi connectivity index (χ0v) is 12.7. The normalized spacial score (nSPS) is 18.1. The van der Waals surface area contributed by atoms with Gasteiger partial charge in [0.1, 0.15) is 5.82 Å². The highest BCUT2D eigenvalue weighted by Gasteiger charge is 2.27. The molecule has 0 bridgehead atoms. The highest BCUT2D eigenvalue weighted by atomic mass is 32.2. The fourth-order valence-electron chi connectivity index (χ4n) is 2.58. The molecule has 1 aliphatic heterocycles. The first-order chi connectivity index (χ1) is 9.97. The zero-order chi connectivity index (χ0) is 15.0. The quantitative estimate of drug-likeness (QED) is 0.859. The van der Waals surface area contributed by atoms with Crippen LogP contribution in [0, 0.1) is 6.92 Å². The topological polar surface area (TPSA) is 88.9 Å². The minimum Gasteiger partial charge on any atom is -0.368 e. The lowest BCUT2D eigenvalue weighted by Gasteiger charge is -2.25. The monoisotopic (exact) mass is 307 g/mol. The van der Waals surface area contributed by atoms with Gasteiger partial charge in [0.05, 0.1) is 5.69 Å². The third-order valence-corrected chi connectivity index (χ3v) is 4.98. The van der Waals surface area contributed by atoms with E-state index in [1.54, 1.807) is 16.8 Å². The molecule has 0 aromatic carbocycles. The van der Waals surface area contributed by atoms with Gasteiger partial charge in [-0.15, -0.1) is 0 Å². The lowest BCUT2D eigenvalue weighted by molar-refractivity contribution is 0.544. The summed E-state index contributed by atoms with van der Waals surface area (Å²) in [6.45, 7) is 2.45. The molecule has 8 heteroatoms. The molecule has 7 nitrogen and oxygen atoms in total. The molecule has 2 aromatic heterocycles. The van der Waals surface area contributed by atoms with Crippen LogP contribution in [-0.4, -0.2) is 35.8 Å². The van der Waals surface area contributed by atoms with Crippen molar-refractivity contribution in [1.82, 2.24) is 19.5 Å². The molecule has 0 saturated carbocycles. The molecule has 2 N–H and O–H groups in total. The molecule has 0 radical (unpaired) electrons. The molecule has 1 unspecified atom stereocenters. The Morgan fingerprint density at radius 2 is 2.24 bits per heavy atom. The van der Waals surface area contributed by atoms with Crippen LogP contribution in [0.25, 0.3) is 0 Å². The first-order valence-corrected chi connectivity index (χ1v) is 8.15. The summed E-state index contributed by atoms with van der Waals surface area (Å²) < 4.78 is 29.0. The number of hydrogen-bond acceptors (Lipinski definition) is 5. The van der Waals surface area contributed by atoms with E-state index in [-0.39, 0.29) is 11.1 Å². The standard InChI is InChI=1S/C13H17N5O2S/c1-9-11-7-10(8-15-13(11)18(2)16-9)17-21(19,20)12-5-3-4-6-14-12/h3-6,10,15,17H,7-8H2,1-2H3. The van der Waals surface area contributed by atoms with Crippen LogP contribution in [0.2, 0.25) is 0 Å². The predicted octanol–water partition coefficient (Wildman–Crippen LogP) is 0.439. The number of hydrogen-bond donors (Lipinski definition) is 2. The number of nitrogens with one attached hydrogen (secondary N) is 2. The van der Waals surface area contributed by atoms with E-state index in [2.05, 4.69) is 20.1 Å². The maximum absolute atomic E-state index is 12.3. The Morgan fingerprint density at radius 1 is 1.43 bits per heavy atom. The molecule has 0 saturated heterocycles. The van der Waals surface area contributed by atoms with Crippen LogP contribution in [0.5, 0.6) is 0 Å². The van der Waals surface area contributed by atoms with Gasteiger partial charge in [-0.3, -0.25) is 4.68 Å². The number of sulfonamides is 1. The number of rotatable bonds is 3. The van der Waals surface area contributed by atoms with Crippen LogP contribution in [0.3, 0.4) is 0 Å². The van der Waals surface area contributed by atoms with E-state index in [4.69, 9.17) is 0 Å². The second kappa shape index (κ2) is 5.12. The summed E-state index contributed by atoms with van der Waals surface area (Å²) in [7, 11) is -1.72. The molecule has 0 spiro atoms. The molecule has 2 aromatic rings. The second-order valence-corrected chi connectivity index (χ2v) is 6.77. The number of nitrogens with zero attached hydrogens (tertiary/aromatic N) is 3. The van der Waals surface area contributed by atoms with Crippen molar-refractivity contribution in [3.63, 3.8) is 0 Å².